The number of hydrogen-bond donors (Lipinski definition) is 0. The summed E-state index contributed by atoms with van der Waals surface area (Å²) in [5.74, 6) is 0. The molecular formula is Cu2S2. The Bertz CT molecular complexity index is 6.00. The molecule has 0 fully saturated rings. The van der Waals surface area contributed by atoms with Crippen molar-refractivity contribution in [1.29, 1.82) is 0 Å². The molecule has 0 aromatic heterocycles. The third-order valence-electron chi connectivity index (χ3n) is 0. The van der Waals surface area contributed by atoms with Crippen LogP contribution in [0.25, 0.3) is 0 Å². The van der Waals surface area contributed by atoms with Gasteiger partial charge in [-0.25, -0.2) is 0 Å². The van der Waals surface area contributed by atoms with Crippen LogP contribution in [-0.4, -0.2) is 0 Å². The first-order valence-electron chi connectivity index (χ1n) is 0.246. The fourth-order valence-electron chi connectivity index (χ4n) is 0. The molecule has 0 rings (SSSR count). The summed E-state index contributed by atoms with van der Waals surface area (Å²) < 4.78 is 0. The van der Waals surface area contributed by atoms with E-state index in [-0.39, 0.29) is 0 Å². The van der Waals surface area contributed by atoms with E-state index >= 15 is 0 Å². The van der Waals surface area contributed by atoms with Gasteiger partial charge in [0.1, 0.15) is 0 Å². The summed E-state index contributed by atoms with van der Waals surface area (Å²) in [5, 5.41) is 0. The quantitative estimate of drug-likeness (QED) is 0.529. The first kappa shape index (κ1) is 9.08. The Labute approximate surface area is 49.7 Å². The minimum atomic E-state index is 3.65. The van der Waals surface area contributed by atoms with Crippen molar-refractivity contribution in [2.24, 2.45) is 0 Å². The molecule has 4 heteroatoms. The molecule has 0 aliphatic rings. The van der Waals surface area contributed by atoms with Gasteiger partial charge >= 0.3 is 49.9 Å². The molecule has 0 bridgehead atoms. The van der Waals surface area contributed by atoms with Crippen LogP contribution < -0.4 is 0 Å². The second-order valence-corrected chi connectivity index (χ2v) is 0. The molecule has 0 spiro atoms. The molecule has 0 nitrogen and oxygen atoms in total. The molecule has 0 aliphatic carbocycles. The number of hydrogen-bond acceptors (Lipinski definition) is 2. The predicted octanol–water partition coefficient (Wildman–Crippen LogP) is 1.29. The van der Waals surface area contributed by atoms with Crippen LogP contribution in [0.15, 0.2) is 0 Å². The van der Waals surface area contributed by atoms with Crippen LogP contribution in [0.4, 0.5) is 0 Å². The van der Waals surface area contributed by atoms with Crippen LogP contribution >= 0.6 is 21.1 Å². The van der Waals surface area contributed by atoms with Crippen molar-refractivity contribution in [3.8, 4) is 0 Å². The molecule has 0 aromatic rings. The van der Waals surface area contributed by atoms with Crippen molar-refractivity contribution in [2.45, 2.75) is 0 Å². The van der Waals surface area contributed by atoms with Gasteiger partial charge in [-0.05, 0) is 0 Å². The van der Waals surface area contributed by atoms with Gasteiger partial charge in [-0.1, -0.05) is 0 Å². The molecule has 0 heterocycles. The van der Waals surface area contributed by atoms with Crippen molar-refractivity contribution >= 4 is 21.1 Å². The molecule has 0 aromatic carbocycles. The standard InChI is InChI=1S/2Cu.2S. The van der Waals surface area contributed by atoms with Crippen LogP contribution in [0.3, 0.4) is 0 Å². The van der Waals surface area contributed by atoms with E-state index in [4.69, 9.17) is 0 Å². The van der Waals surface area contributed by atoms with E-state index < -0.39 is 0 Å². The molecule has 0 aliphatic heterocycles. The molecule has 0 saturated carbocycles. The van der Waals surface area contributed by atoms with Crippen LogP contribution in [0.5, 0.6) is 0 Å². The van der Waals surface area contributed by atoms with Crippen LogP contribution in [0.1, 0.15) is 0 Å². The molecular weight excluding hydrogens is 191 g/mol. The Hall–Kier alpha value is 1.48. The van der Waals surface area contributed by atoms with Gasteiger partial charge in [0.2, 0.25) is 0 Å². The SMILES string of the molecule is [S]=[Cu].[S]=[Cu]. The molecule has 0 radical (unpaired) electrons. The summed E-state index contributed by atoms with van der Waals surface area (Å²) in [6.07, 6.45) is 0. The van der Waals surface area contributed by atoms with Gasteiger partial charge in [-0.2, -0.15) is 0 Å². The monoisotopic (exact) mass is 190 g/mol. The summed E-state index contributed by atoms with van der Waals surface area (Å²) in [5.41, 5.74) is 0. The summed E-state index contributed by atoms with van der Waals surface area (Å²) in [7, 11) is 7.29. The fourth-order valence-corrected chi connectivity index (χ4v) is 0. The molecule has 4 heavy (non-hydrogen) atoms. The Morgan fingerprint density at radius 1 is 0.750 bits per heavy atom. The third kappa shape index (κ3) is 9.77. The van der Waals surface area contributed by atoms with Crippen molar-refractivity contribution in [1.82, 2.24) is 0 Å². The Morgan fingerprint density at radius 3 is 0.750 bits per heavy atom. The van der Waals surface area contributed by atoms with Crippen molar-refractivity contribution < 1.29 is 28.8 Å². The van der Waals surface area contributed by atoms with Crippen LogP contribution in [-0.2, 0) is 28.8 Å². The Kier molecular flexibility index (Phi) is 56.3. The van der Waals surface area contributed by atoms with Gasteiger partial charge in [0.05, 0.1) is 0 Å². The summed E-state index contributed by atoms with van der Waals surface area (Å²) >= 11 is 7.54. The molecule has 34 valence electrons. The zero-order chi connectivity index (χ0) is 4.00. The van der Waals surface area contributed by atoms with E-state index in [0.717, 1.165) is 0 Å². The topological polar surface area (TPSA) is 0 Å². The third-order valence-corrected chi connectivity index (χ3v) is 0. The Balaban J connectivity index is 0. The van der Waals surface area contributed by atoms with E-state index in [1.165, 1.54) is 0 Å². The maximum absolute atomic E-state index is 3.77. The van der Waals surface area contributed by atoms with Crippen LogP contribution in [0.2, 0.25) is 0 Å². The zero-order valence-electron chi connectivity index (χ0n) is 1.42. The van der Waals surface area contributed by atoms with E-state index in [2.05, 4.69) is 49.9 Å². The molecule has 0 N–H and O–H groups in total. The predicted molar refractivity (Wildman–Crippen MR) is 15.2 cm³/mol. The second-order valence-electron chi connectivity index (χ2n) is 0. The fraction of sp³-hybridized carbons (Fsp3) is 0. The van der Waals surface area contributed by atoms with Gasteiger partial charge in [0.15, 0.2) is 0 Å². The molecule has 0 unspecified atom stereocenters. The number of rotatable bonds is 0. The summed E-state index contributed by atoms with van der Waals surface area (Å²) in [6.45, 7) is 0. The van der Waals surface area contributed by atoms with Gasteiger partial charge in [0, 0.05) is 0 Å². The first-order valence-corrected chi connectivity index (χ1v) is 3.05. The average Bonchev–Trinajstić information content (AvgIpc) is 1.50. The van der Waals surface area contributed by atoms with E-state index in [9.17, 15) is 0 Å². The van der Waals surface area contributed by atoms with Gasteiger partial charge in [-0.15, -0.1) is 0 Å². The van der Waals surface area contributed by atoms with Crippen molar-refractivity contribution in [3.63, 3.8) is 0 Å². The van der Waals surface area contributed by atoms with Gasteiger partial charge < -0.3 is 0 Å². The van der Waals surface area contributed by atoms with Crippen molar-refractivity contribution in [2.75, 3.05) is 0 Å². The summed E-state index contributed by atoms with van der Waals surface area (Å²) in [6, 6.07) is 0. The maximum atomic E-state index is 3.77. The van der Waals surface area contributed by atoms with Crippen molar-refractivity contribution in [3.05, 3.63) is 0 Å². The normalized spacial score (nSPS) is 3.00. The second kappa shape index (κ2) is 24.8. The summed E-state index contributed by atoms with van der Waals surface area (Å²) in [4.78, 5) is 0. The van der Waals surface area contributed by atoms with Gasteiger partial charge in [-0.3, -0.25) is 0 Å². The zero-order valence-corrected chi connectivity index (χ0v) is 4.94. The van der Waals surface area contributed by atoms with Crippen LogP contribution in [0, 0.1) is 0 Å². The van der Waals surface area contributed by atoms with E-state index in [1.54, 1.807) is 0 Å². The minimum absolute atomic E-state index is 3.65. The Morgan fingerprint density at radius 2 is 0.750 bits per heavy atom. The molecule has 0 atom stereocenters. The molecule has 0 saturated heterocycles. The van der Waals surface area contributed by atoms with E-state index in [1.807, 2.05) is 0 Å². The average molecular weight is 191 g/mol. The molecule has 0 amide bonds. The van der Waals surface area contributed by atoms with E-state index in [0.29, 0.717) is 0 Å². The first-order chi connectivity index (χ1) is 2.00. The van der Waals surface area contributed by atoms with Gasteiger partial charge in [0.25, 0.3) is 0 Å².